The van der Waals surface area contributed by atoms with Crippen molar-refractivity contribution in [3.8, 4) is 0 Å². The minimum atomic E-state index is -1.31. The molecule has 0 amide bonds. The molecule has 1 fully saturated rings. The van der Waals surface area contributed by atoms with Gasteiger partial charge in [0.2, 0.25) is 0 Å². The number of aliphatic carboxylic acids is 1. The summed E-state index contributed by atoms with van der Waals surface area (Å²) in [5, 5.41) is 37.2. The van der Waals surface area contributed by atoms with Gasteiger partial charge in [-0.2, -0.15) is 0 Å². The molecule has 17 heavy (non-hydrogen) atoms. The fourth-order valence-electron chi connectivity index (χ4n) is 1.98. The Hall–Kier alpha value is -0.730. The molecule has 5 atom stereocenters. The average molecular weight is 250 g/mol. The highest BCUT2D eigenvalue weighted by atomic mass is 16.5. The van der Waals surface area contributed by atoms with Crippen LogP contribution in [0.1, 0.15) is 6.42 Å². The maximum atomic E-state index is 10.3. The average Bonchev–Trinajstić information content (AvgIpc) is 2.29. The lowest BCUT2D eigenvalue weighted by Gasteiger charge is -2.39. The minimum absolute atomic E-state index is 0.00287. The van der Waals surface area contributed by atoms with Crippen LogP contribution < -0.4 is 0 Å². The van der Waals surface area contributed by atoms with E-state index in [1.54, 1.807) is 0 Å². The summed E-state index contributed by atoms with van der Waals surface area (Å²) in [7, 11) is 1.40. The van der Waals surface area contributed by atoms with Gasteiger partial charge in [0.1, 0.15) is 18.8 Å². The largest absolute Gasteiger partial charge is 0.480 e. The van der Waals surface area contributed by atoms with Crippen molar-refractivity contribution in [2.45, 2.75) is 30.8 Å². The Bertz CT molecular complexity index is 255. The van der Waals surface area contributed by atoms with E-state index in [9.17, 15) is 20.1 Å². The van der Waals surface area contributed by atoms with E-state index in [0.717, 1.165) is 0 Å². The number of carboxylic acid groups (broad SMARTS) is 1. The van der Waals surface area contributed by atoms with E-state index in [1.807, 2.05) is 0 Å². The predicted molar refractivity (Wildman–Crippen MR) is 55.4 cm³/mol. The van der Waals surface area contributed by atoms with Crippen molar-refractivity contribution in [2.75, 3.05) is 20.3 Å². The summed E-state index contributed by atoms with van der Waals surface area (Å²) in [5.74, 6) is -1.56. The molecule has 0 aromatic rings. The van der Waals surface area contributed by atoms with Crippen LogP contribution in [0.25, 0.3) is 0 Å². The van der Waals surface area contributed by atoms with Crippen LogP contribution in [0.3, 0.4) is 0 Å². The van der Waals surface area contributed by atoms with Crippen LogP contribution in [0.5, 0.6) is 0 Å². The summed E-state index contributed by atoms with van der Waals surface area (Å²) in [6, 6.07) is 0. The minimum Gasteiger partial charge on any atom is -0.480 e. The topological polar surface area (TPSA) is 116 Å². The second kappa shape index (κ2) is 6.27. The molecule has 0 aromatic carbocycles. The van der Waals surface area contributed by atoms with E-state index in [2.05, 4.69) is 0 Å². The Kier molecular flexibility index (Phi) is 5.29. The number of hydrogen-bond acceptors (Lipinski definition) is 6. The quantitative estimate of drug-likeness (QED) is 0.455. The molecule has 0 saturated heterocycles. The van der Waals surface area contributed by atoms with Crippen LogP contribution in [-0.4, -0.2) is 71.1 Å². The monoisotopic (exact) mass is 250 g/mol. The molecule has 1 rings (SSSR count). The van der Waals surface area contributed by atoms with Gasteiger partial charge in [0.15, 0.2) is 0 Å². The van der Waals surface area contributed by atoms with E-state index in [4.69, 9.17) is 14.6 Å². The first-order valence-corrected chi connectivity index (χ1v) is 5.34. The van der Waals surface area contributed by atoms with Crippen LogP contribution in [0.15, 0.2) is 0 Å². The summed E-state index contributed by atoms with van der Waals surface area (Å²) in [6.07, 6.45) is -3.90. The molecule has 0 spiro atoms. The molecule has 7 nitrogen and oxygen atoms in total. The van der Waals surface area contributed by atoms with Gasteiger partial charge in [-0.25, -0.2) is 4.79 Å². The lowest BCUT2D eigenvalue weighted by Crippen LogP contribution is -2.55. The number of hydrogen-bond donors (Lipinski definition) is 4. The highest BCUT2D eigenvalue weighted by molar-refractivity contribution is 5.67. The Morgan fingerprint density at radius 1 is 1.24 bits per heavy atom. The van der Waals surface area contributed by atoms with Crippen molar-refractivity contribution in [1.29, 1.82) is 0 Å². The summed E-state index contributed by atoms with van der Waals surface area (Å²) in [5.41, 5.74) is 0. The molecule has 0 aliphatic heterocycles. The zero-order chi connectivity index (χ0) is 13.0. The van der Waals surface area contributed by atoms with Crippen LogP contribution in [0.2, 0.25) is 0 Å². The Morgan fingerprint density at radius 2 is 1.88 bits per heavy atom. The number of methoxy groups -OCH3 is 1. The van der Waals surface area contributed by atoms with E-state index >= 15 is 0 Å². The molecular weight excluding hydrogens is 232 g/mol. The van der Waals surface area contributed by atoms with E-state index in [-0.39, 0.29) is 6.61 Å². The number of aliphatic hydroxyl groups excluding tert-OH is 3. The smallest absolute Gasteiger partial charge is 0.329 e. The fourth-order valence-corrected chi connectivity index (χ4v) is 1.98. The molecule has 1 aliphatic rings. The first-order chi connectivity index (χ1) is 7.97. The van der Waals surface area contributed by atoms with Gasteiger partial charge in [0, 0.05) is 13.0 Å². The van der Waals surface area contributed by atoms with Gasteiger partial charge in [0.05, 0.1) is 18.8 Å². The molecule has 0 radical (unpaired) electrons. The third kappa shape index (κ3) is 3.62. The molecule has 5 unspecified atom stereocenters. The zero-order valence-electron chi connectivity index (χ0n) is 9.52. The van der Waals surface area contributed by atoms with Crippen LogP contribution in [0, 0.1) is 5.92 Å². The van der Waals surface area contributed by atoms with Gasteiger partial charge in [-0.3, -0.25) is 0 Å². The molecule has 7 heteroatoms. The number of carbonyl (C=O) groups is 1. The van der Waals surface area contributed by atoms with Crippen molar-refractivity contribution in [1.82, 2.24) is 0 Å². The van der Waals surface area contributed by atoms with Crippen molar-refractivity contribution in [3.63, 3.8) is 0 Å². The van der Waals surface area contributed by atoms with Crippen molar-refractivity contribution >= 4 is 5.97 Å². The first kappa shape index (κ1) is 14.3. The lowest BCUT2D eigenvalue weighted by atomic mass is 9.81. The maximum Gasteiger partial charge on any atom is 0.329 e. The Balaban J connectivity index is 2.50. The normalized spacial score (nSPS) is 38.0. The second-order valence-electron chi connectivity index (χ2n) is 4.15. The molecule has 1 saturated carbocycles. The summed E-state index contributed by atoms with van der Waals surface area (Å²) < 4.78 is 9.86. The van der Waals surface area contributed by atoms with E-state index in [1.165, 1.54) is 7.11 Å². The predicted octanol–water partition coefficient (Wildman–Crippen LogP) is -1.79. The number of ether oxygens (including phenoxy) is 2. The van der Waals surface area contributed by atoms with Crippen molar-refractivity contribution in [3.05, 3.63) is 0 Å². The van der Waals surface area contributed by atoms with Crippen LogP contribution >= 0.6 is 0 Å². The third-order valence-corrected chi connectivity index (χ3v) is 2.96. The highest BCUT2D eigenvalue weighted by Gasteiger charge is 2.42. The van der Waals surface area contributed by atoms with Gasteiger partial charge >= 0.3 is 5.97 Å². The van der Waals surface area contributed by atoms with Crippen molar-refractivity contribution in [2.24, 2.45) is 5.92 Å². The lowest BCUT2D eigenvalue weighted by molar-refractivity contribution is -0.175. The van der Waals surface area contributed by atoms with Crippen molar-refractivity contribution < 1.29 is 34.7 Å². The maximum absolute atomic E-state index is 10.3. The summed E-state index contributed by atoms with van der Waals surface area (Å²) in [4.78, 5) is 10.3. The molecule has 4 N–H and O–H groups in total. The van der Waals surface area contributed by atoms with Gasteiger partial charge in [-0.15, -0.1) is 0 Å². The fraction of sp³-hybridized carbons (Fsp3) is 0.900. The van der Waals surface area contributed by atoms with Crippen LogP contribution in [0.4, 0.5) is 0 Å². The van der Waals surface area contributed by atoms with E-state index < -0.39 is 42.9 Å². The standard InChI is InChI=1S/C10H18O7/c1-16-6-2-5(3-17-4-7(11)12)8(13)10(15)9(6)14/h5-6,8-10,13-15H,2-4H2,1H3,(H,11,12). The van der Waals surface area contributed by atoms with Gasteiger partial charge in [0.25, 0.3) is 0 Å². The Labute approximate surface area is 98.6 Å². The summed E-state index contributed by atoms with van der Waals surface area (Å²) >= 11 is 0. The molecule has 0 heterocycles. The molecular formula is C10H18O7. The molecule has 100 valence electrons. The number of carboxylic acids is 1. The number of rotatable bonds is 5. The molecule has 0 bridgehead atoms. The third-order valence-electron chi connectivity index (χ3n) is 2.96. The number of aliphatic hydroxyl groups is 3. The van der Waals surface area contributed by atoms with E-state index in [0.29, 0.717) is 6.42 Å². The van der Waals surface area contributed by atoms with Gasteiger partial charge in [-0.1, -0.05) is 0 Å². The van der Waals surface area contributed by atoms with Crippen LogP contribution in [-0.2, 0) is 14.3 Å². The highest BCUT2D eigenvalue weighted by Crippen LogP contribution is 2.27. The summed E-state index contributed by atoms with van der Waals surface area (Å²) in [6.45, 7) is -0.462. The Morgan fingerprint density at radius 3 is 2.41 bits per heavy atom. The molecule has 1 aliphatic carbocycles. The second-order valence-corrected chi connectivity index (χ2v) is 4.15. The SMILES string of the molecule is COC1CC(COCC(=O)O)C(O)C(O)C1O. The van der Waals surface area contributed by atoms with Gasteiger partial charge < -0.3 is 29.9 Å². The first-order valence-electron chi connectivity index (χ1n) is 5.34. The molecule has 0 aromatic heterocycles. The zero-order valence-corrected chi connectivity index (χ0v) is 9.52. The van der Waals surface area contributed by atoms with Gasteiger partial charge in [-0.05, 0) is 6.42 Å².